The van der Waals surface area contributed by atoms with Crippen LogP contribution in [0.4, 0.5) is 0 Å². The number of rotatable bonds is 5. The molecule has 3 aromatic rings. The minimum Gasteiger partial charge on any atom is -0.348 e. The predicted molar refractivity (Wildman–Crippen MR) is 92.1 cm³/mol. The van der Waals surface area contributed by atoms with Crippen molar-refractivity contribution in [2.24, 2.45) is 0 Å². The van der Waals surface area contributed by atoms with Crippen LogP contribution in [-0.4, -0.2) is 35.3 Å². The Morgan fingerprint density at radius 1 is 1.16 bits per heavy atom. The largest absolute Gasteiger partial charge is 0.348 e. The fraction of sp³-hybridized carbons (Fsp3) is 0.118. The van der Waals surface area contributed by atoms with E-state index in [1.54, 1.807) is 35.4 Å². The van der Waals surface area contributed by atoms with Gasteiger partial charge in [-0.25, -0.2) is 18.1 Å². The molecule has 0 saturated heterocycles. The minimum atomic E-state index is -3.27. The first-order valence-corrected chi connectivity index (χ1v) is 9.36. The van der Waals surface area contributed by atoms with Crippen molar-refractivity contribution in [3.63, 3.8) is 0 Å². The Morgan fingerprint density at radius 3 is 2.56 bits per heavy atom. The van der Waals surface area contributed by atoms with E-state index >= 15 is 0 Å². The number of nitrogens with zero attached hydrogens (tertiary/aromatic N) is 3. The number of carbonyl (C=O) groups excluding carboxylic acids is 1. The maximum atomic E-state index is 12.2. The van der Waals surface area contributed by atoms with Crippen molar-refractivity contribution in [1.29, 1.82) is 0 Å². The average Bonchev–Trinajstić information content (AvgIpc) is 3.14. The lowest BCUT2D eigenvalue weighted by atomic mass is 10.2. The molecule has 0 aliphatic rings. The molecule has 8 heteroatoms. The topological polar surface area (TPSA) is 94.0 Å². The van der Waals surface area contributed by atoms with Gasteiger partial charge in [0.2, 0.25) is 0 Å². The Bertz CT molecular complexity index is 981. The molecular weight excluding hydrogens is 340 g/mol. The highest BCUT2D eigenvalue weighted by atomic mass is 32.2. The van der Waals surface area contributed by atoms with Gasteiger partial charge in [0.15, 0.2) is 15.7 Å². The molecule has 0 bridgehead atoms. The second kappa shape index (κ2) is 6.86. The molecule has 1 aromatic carbocycles. The second-order valence-electron chi connectivity index (χ2n) is 5.45. The Kier molecular flexibility index (Phi) is 4.62. The summed E-state index contributed by atoms with van der Waals surface area (Å²) < 4.78 is 24.5. The number of pyridine rings is 1. The minimum absolute atomic E-state index is 0.182. The molecule has 25 heavy (non-hydrogen) atoms. The van der Waals surface area contributed by atoms with Crippen LogP contribution in [0.1, 0.15) is 15.9 Å². The standard InChI is InChI=1S/C17H16N4O3S/c1-25(23,24)15-5-3-14(4-6-15)17(22)19-12-13-7-9-18-16(11-13)21-10-2-8-20-21/h2-11H,12H2,1H3,(H,19,22). The third kappa shape index (κ3) is 4.10. The first-order chi connectivity index (χ1) is 11.9. The molecular formula is C17H16N4O3S. The van der Waals surface area contributed by atoms with E-state index in [1.165, 1.54) is 24.3 Å². The van der Waals surface area contributed by atoms with E-state index in [2.05, 4.69) is 15.4 Å². The van der Waals surface area contributed by atoms with Crippen molar-refractivity contribution in [3.8, 4) is 5.82 Å². The third-order valence-electron chi connectivity index (χ3n) is 3.55. The molecule has 2 heterocycles. The van der Waals surface area contributed by atoms with Crippen LogP contribution >= 0.6 is 0 Å². The second-order valence-corrected chi connectivity index (χ2v) is 7.47. The molecule has 2 aromatic heterocycles. The summed E-state index contributed by atoms with van der Waals surface area (Å²) in [6.07, 6.45) is 6.23. The molecule has 0 fully saturated rings. The van der Waals surface area contributed by atoms with Crippen molar-refractivity contribution >= 4 is 15.7 Å². The zero-order valence-electron chi connectivity index (χ0n) is 13.5. The lowest BCUT2D eigenvalue weighted by molar-refractivity contribution is 0.0951. The molecule has 0 unspecified atom stereocenters. The highest BCUT2D eigenvalue weighted by molar-refractivity contribution is 7.90. The fourth-order valence-corrected chi connectivity index (χ4v) is 2.87. The number of benzene rings is 1. The Morgan fingerprint density at radius 2 is 1.92 bits per heavy atom. The maximum Gasteiger partial charge on any atom is 0.251 e. The van der Waals surface area contributed by atoms with E-state index in [9.17, 15) is 13.2 Å². The van der Waals surface area contributed by atoms with Crippen LogP contribution in [0.2, 0.25) is 0 Å². The Hall–Kier alpha value is -3.00. The summed E-state index contributed by atoms with van der Waals surface area (Å²) in [6.45, 7) is 0.323. The van der Waals surface area contributed by atoms with Crippen LogP contribution < -0.4 is 5.32 Å². The number of carbonyl (C=O) groups is 1. The number of sulfone groups is 1. The monoisotopic (exact) mass is 356 g/mol. The van der Waals surface area contributed by atoms with Crippen LogP contribution in [0.5, 0.6) is 0 Å². The molecule has 0 spiro atoms. The molecule has 128 valence electrons. The van der Waals surface area contributed by atoms with Crippen LogP contribution in [-0.2, 0) is 16.4 Å². The summed E-state index contributed by atoms with van der Waals surface area (Å²) in [5.74, 6) is 0.381. The molecule has 0 saturated carbocycles. The van der Waals surface area contributed by atoms with E-state index in [0.29, 0.717) is 17.9 Å². The highest BCUT2D eigenvalue weighted by Crippen LogP contribution is 2.11. The average molecular weight is 356 g/mol. The van der Waals surface area contributed by atoms with Gasteiger partial charge in [-0.3, -0.25) is 4.79 Å². The highest BCUT2D eigenvalue weighted by Gasteiger charge is 2.10. The summed E-state index contributed by atoms with van der Waals surface area (Å²) >= 11 is 0. The van der Waals surface area contributed by atoms with Gasteiger partial charge in [-0.05, 0) is 48.0 Å². The number of nitrogens with one attached hydrogen (secondary N) is 1. The lowest BCUT2D eigenvalue weighted by Gasteiger charge is -2.07. The third-order valence-corrected chi connectivity index (χ3v) is 4.68. The Labute approximate surface area is 145 Å². The van der Waals surface area contributed by atoms with Gasteiger partial charge in [-0.15, -0.1) is 0 Å². The van der Waals surface area contributed by atoms with Crippen molar-refractivity contribution < 1.29 is 13.2 Å². The van der Waals surface area contributed by atoms with Crippen LogP contribution in [0, 0.1) is 0 Å². The summed E-state index contributed by atoms with van der Waals surface area (Å²) in [7, 11) is -3.27. The summed E-state index contributed by atoms with van der Waals surface area (Å²) in [4.78, 5) is 16.6. The van der Waals surface area contributed by atoms with Crippen LogP contribution in [0.3, 0.4) is 0 Å². The van der Waals surface area contributed by atoms with Crippen molar-refractivity contribution in [1.82, 2.24) is 20.1 Å². The predicted octanol–water partition coefficient (Wildman–Crippen LogP) is 1.60. The van der Waals surface area contributed by atoms with Crippen LogP contribution in [0.15, 0.2) is 66.0 Å². The van der Waals surface area contributed by atoms with Gasteiger partial charge >= 0.3 is 0 Å². The maximum absolute atomic E-state index is 12.2. The van der Waals surface area contributed by atoms with E-state index in [-0.39, 0.29) is 10.8 Å². The number of hydrogen-bond donors (Lipinski definition) is 1. The zero-order valence-corrected chi connectivity index (χ0v) is 14.3. The lowest BCUT2D eigenvalue weighted by Crippen LogP contribution is -2.23. The molecule has 0 radical (unpaired) electrons. The van der Waals surface area contributed by atoms with Crippen molar-refractivity contribution in [3.05, 3.63) is 72.2 Å². The zero-order chi connectivity index (χ0) is 17.9. The van der Waals surface area contributed by atoms with Gasteiger partial charge in [0.25, 0.3) is 5.91 Å². The number of aromatic nitrogens is 3. The normalized spacial score (nSPS) is 11.2. The first-order valence-electron chi connectivity index (χ1n) is 7.47. The Balaban J connectivity index is 1.67. The van der Waals surface area contributed by atoms with Crippen molar-refractivity contribution in [2.45, 2.75) is 11.4 Å². The van der Waals surface area contributed by atoms with Gasteiger partial charge in [0.1, 0.15) is 0 Å². The molecule has 0 aliphatic carbocycles. The number of hydrogen-bond acceptors (Lipinski definition) is 5. The smallest absolute Gasteiger partial charge is 0.251 e. The molecule has 1 N–H and O–H groups in total. The molecule has 0 aliphatic heterocycles. The van der Waals surface area contributed by atoms with Gasteiger partial charge in [0.05, 0.1) is 4.90 Å². The van der Waals surface area contributed by atoms with Crippen molar-refractivity contribution in [2.75, 3.05) is 6.26 Å². The van der Waals surface area contributed by atoms with E-state index in [1.807, 2.05) is 6.07 Å². The van der Waals surface area contributed by atoms with E-state index < -0.39 is 9.84 Å². The van der Waals surface area contributed by atoms with Gasteiger partial charge in [-0.2, -0.15) is 5.10 Å². The molecule has 7 nitrogen and oxygen atoms in total. The molecule has 0 atom stereocenters. The summed E-state index contributed by atoms with van der Waals surface area (Å²) in [5, 5.41) is 6.92. The summed E-state index contributed by atoms with van der Waals surface area (Å²) in [6, 6.07) is 11.3. The van der Waals surface area contributed by atoms with E-state index in [0.717, 1.165) is 11.8 Å². The summed E-state index contributed by atoms with van der Waals surface area (Å²) in [5.41, 5.74) is 1.27. The van der Waals surface area contributed by atoms with Gasteiger partial charge in [-0.1, -0.05) is 0 Å². The van der Waals surface area contributed by atoms with Gasteiger partial charge < -0.3 is 5.32 Å². The van der Waals surface area contributed by atoms with E-state index in [4.69, 9.17) is 0 Å². The molecule has 3 rings (SSSR count). The van der Waals surface area contributed by atoms with Crippen LogP contribution in [0.25, 0.3) is 5.82 Å². The SMILES string of the molecule is CS(=O)(=O)c1ccc(C(=O)NCc2ccnc(-n3cccn3)c2)cc1. The number of amides is 1. The fourth-order valence-electron chi connectivity index (χ4n) is 2.24. The quantitative estimate of drug-likeness (QED) is 0.749. The molecule has 1 amide bonds. The first kappa shape index (κ1) is 16.8. The van der Waals surface area contributed by atoms with Gasteiger partial charge in [0, 0.05) is 37.0 Å².